The number of imide groups is 1. The minimum Gasteiger partial charge on any atom is -0.496 e. The molecule has 0 spiro atoms. The van der Waals surface area contributed by atoms with Gasteiger partial charge in [0.15, 0.2) is 0 Å². The zero-order valence-corrected chi connectivity index (χ0v) is 18.4. The fourth-order valence-corrected chi connectivity index (χ4v) is 5.48. The Balaban J connectivity index is 1.48. The Morgan fingerprint density at radius 3 is 2.35 bits per heavy atom. The number of nitrogens with one attached hydrogen (secondary N) is 1. The van der Waals surface area contributed by atoms with Crippen LogP contribution in [-0.4, -0.2) is 40.7 Å². The maximum absolute atomic E-state index is 13.5. The third-order valence-electron chi connectivity index (χ3n) is 7.05. The van der Waals surface area contributed by atoms with E-state index in [1.807, 2.05) is 42.5 Å². The SMILES string of the molecule is COc1ccc(NC(=O)[C@H](Cc2ccccc2)N2C(=O)[C@@H]3[C@H](C2=O)[C@H]2C=C[C@H]3C2)c([N+](=O)[O-])c1. The van der Waals surface area contributed by atoms with Crippen LogP contribution in [0.4, 0.5) is 11.4 Å². The number of rotatable bonds is 7. The van der Waals surface area contributed by atoms with Gasteiger partial charge in [0.05, 0.1) is 29.9 Å². The first-order valence-corrected chi connectivity index (χ1v) is 11.1. The van der Waals surface area contributed by atoms with Crippen LogP contribution in [0.25, 0.3) is 0 Å². The molecule has 3 amide bonds. The van der Waals surface area contributed by atoms with Gasteiger partial charge in [0, 0.05) is 6.42 Å². The average molecular weight is 461 g/mol. The summed E-state index contributed by atoms with van der Waals surface area (Å²) in [7, 11) is 1.39. The molecular formula is C25H23N3O6. The lowest BCUT2D eigenvalue weighted by Crippen LogP contribution is -2.49. The molecule has 5 atom stereocenters. The van der Waals surface area contributed by atoms with Gasteiger partial charge in [0.25, 0.3) is 5.69 Å². The van der Waals surface area contributed by atoms with Gasteiger partial charge >= 0.3 is 0 Å². The maximum Gasteiger partial charge on any atom is 0.296 e. The molecule has 3 aliphatic rings. The van der Waals surface area contributed by atoms with Gasteiger partial charge in [-0.3, -0.25) is 29.4 Å². The zero-order valence-electron chi connectivity index (χ0n) is 18.4. The topological polar surface area (TPSA) is 119 Å². The average Bonchev–Trinajstić information content (AvgIpc) is 3.52. The van der Waals surface area contributed by atoms with E-state index in [-0.39, 0.29) is 47.2 Å². The second-order valence-electron chi connectivity index (χ2n) is 8.88. The molecule has 1 saturated carbocycles. The number of benzene rings is 2. The second-order valence-corrected chi connectivity index (χ2v) is 8.88. The molecule has 1 heterocycles. The molecule has 1 aliphatic heterocycles. The number of amides is 3. The largest absolute Gasteiger partial charge is 0.496 e. The number of allylic oxidation sites excluding steroid dienone is 2. The first-order chi connectivity index (χ1) is 16.4. The fraction of sp³-hybridized carbons (Fsp3) is 0.320. The van der Waals surface area contributed by atoms with E-state index in [2.05, 4.69) is 5.32 Å². The van der Waals surface area contributed by atoms with Crippen LogP contribution in [0.5, 0.6) is 5.75 Å². The van der Waals surface area contributed by atoms with Crippen molar-refractivity contribution in [1.82, 2.24) is 4.90 Å². The Kier molecular flexibility index (Phi) is 5.39. The molecule has 2 bridgehead atoms. The molecule has 0 aromatic heterocycles. The number of fused-ring (bicyclic) bond motifs is 5. The molecule has 0 unspecified atom stereocenters. The highest BCUT2D eigenvalue weighted by atomic mass is 16.6. The molecule has 1 N–H and O–H groups in total. The van der Waals surface area contributed by atoms with E-state index in [0.29, 0.717) is 0 Å². The van der Waals surface area contributed by atoms with Crippen molar-refractivity contribution < 1.29 is 24.0 Å². The van der Waals surface area contributed by atoms with Crippen LogP contribution < -0.4 is 10.1 Å². The molecule has 5 rings (SSSR count). The highest BCUT2D eigenvalue weighted by Crippen LogP contribution is 2.53. The summed E-state index contributed by atoms with van der Waals surface area (Å²) in [6.07, 6.45) is 4.88. The van der Waals surface area contributed by atoms with Gasteiger partial charge in [-0.1, -0.05) is 42.5 Å². The van der Waals surface area contributed by atoms with Crippen LogP contribution in [0, 0.1) is 33.8 Å². The standard InChI is InChI=1S/C25H23N3O6/c1-34-17-9-10-18(19(13-17)28(32)33)26-23(29)20(11-14-5-3-2-4-6-14)27-24(30)21-15-7-8-16(12-15)22(21)25(27)31/h2-10,13,15-16,20-22H,11-12H2,1H3,(H,26,29)/t15-,16-,20-,21-,22+/m0/s1. The lowest BCUT2D eigenvalue weighted by atomic mass is 9.85. The number of methoxy groups -OCH3 is 1. The molecule has 34 heavy (non-hydrogen) atoms. The Labute approximate surface area is 195 Å². The highest BCUT2D eigenvalue weighted by Gasteiger charge is 2.61. The molecule has 2 fully saturated rings. The number of nitrogens with zero attached hydrogens (tertiary/aromatic N) is 2. The van der Waals surface area contributed by atoms with Crippen molar-refractivity contribution in [3.05, 3.63) is 76.4 Å². The van der Waals surface area contributed by atoms with Crippen molar-refractivity contribution in [2.45, 2.75) is 18.9 Å². The van der Waals surface area contributed by atoms with Gasteiger partial charge in [0.1, 0.15) is 17.5 Å². The van der Waals surface area contributed by atoms with Gasteiger partial charge in [-0.25, -0.2) is 0 Å². The second kappa shape index (κ2) is 8.40. The Morgan fingerprint density at radius 1 is 1.12 bits per heavy atom. The predicted molar refractivity (Wildman–Crippen MR) is 122 cm³/mol. The maximum atomic E-state index is 13.5. The van der Waals surface area contributed by atoms with Crippen molar-refractivity contribution in [2.75, 3.05) is 12.4 Å². The van der Waals surface area contributed by atoms with E-state index in [1.165, 1.54) is 25.3 Å². The van der Waals surface area contributed by atoms with E-state index in [9.17, 15) is 24.5 Å². The lowest BCUT2D eigenvalue weighted by molar-refractivity contribution is -0.384. The summed E-state index contributed by atoms with van der Waals surface area (Å²) in [6.45, 7) is 0. The van der Waals surface area contributed by atoms with Crippen molar-refractivity contribution in [2.24, 2.45) is 23.7 Å². The predicted octanol–water partition coefficient (Wildman–Crippen LogP) is 2.96. The van der Waals surface area contributed by atoms with Crippen LogP contribution in [0.3, 0.4) is 0 Å². The van der Waals surface area contributed by atoms with Gasteiger partial charge in [-0.05, 0) is 36.0 Å². The number of anilines is 1. The molecule has 9 heteroatoms. The van der Waals surface area contributed by atoms with Crippen LogP contribution >= 0.6 is 0 Å². The van der Waals surface area contributed by atoms with Crippen molar-refractivity contribution in [1.29, 1.82) is 0 Å². The highest BCUT2D eigenvalue weighted by molar-refractivity contribution is 6.11. The Morgan fingerprint density at radius 2 is 1.76 bits per heavy atom. The van der Waals surface area contributed by atoms with E-state index < -0.39 is 28.7 Å². The smallest absolute Gasteiger partial charge is 0.296 e. The summed E-state index contributed by atoms with van der Waals surface area (Å²) in [4.78, 5) is 52.4. The van der Waals surface area contributed by atoms with Crippen LogP contribution in [-0.2, 0) is 20.8 Å². The van der Waals surface area contributed by atoms with Crippen LogP contribution in [0.15, 0.2) is 60.7 Å². The Bertz CT molecular complexity index is 1180. The summed E-state index contributed by atoms with van der Waals surface area (Å²) in [5.41, 5.74) is 0.393. The normalized spacial score (nSPS) is 25.4. The van der Waals surface area contributed by atoms with Gasteiger partial charge in [-0.2, -0.15) is 0 Å². The molecule has 0 radical (unpaired) electrons. The molecular weight excluding hydrogens is 438 g/mol. The van der Waals surface area contributed by atoms with E-state index >= 15 is 0 Å². The van der Waals surface area contributed by atoms with Crippen molar-refractivity contribution in [3.8, 4) is 5.75 Å². The molecule has 2 aromatic carbocycles. The minimum atomic E-state index is -1.13. The van der Waals surface area contributed by atoms with E-state index in [0.717, 1.165) is 16.9 Å². The summed E-state index contributed by atoms with van der Waals surface area (Å²) >= 11 is 0. The van der Waals surface area contributed by atoms with E-state index in [4.69, 9.17) is 4.74 Å². The first-order valence-electron chi connectivity index (χ1n) is 11.1. The number of likely N-dealkylation sites (tertiary alicyclic amines) is 1. The molecule has 9 nitrogen and oxygen atoms in total. The third-order valence-corrected chi connectivity index (χ3v) is 7.05. The summed E-state index contributed by atoms with van der Waals surface area (Å²) < 4.78 is 5.05. The lowest BCUT2D eigenvalue weighted by Gasteiger charge is -2.27. The first kappa shape index (κ1) is 21.8. The minimum absolute atomic E-state index is 0.0135. The van der Waals surface area contributed by atoms with Crippen molar-refractivity contribution >= 4 is 29.1 Å². The third kappa shape index (κ3) is 3.53. The molecule has 2 aromatic rings. The fourth-order valence-electron chi connectivity index (χ4n) is 5.48. The number of carbonyl (C=O) groups excluding carboxylic acids is 3. The van der Waals surface area contributed by atoms with Gasteiger partial charge in [-0.15, -0.1) is 0 Å². The number of carbonyl (C=O) groups is 3. The van der Waals surface area contributed by atoms with Crippen molar-refractivity contribution in [3.63, 3.8) is 0 Å². The summed E-state index contributed by atoms with van der Waals surface area (Å²) in [5, 5.41) is 14.2. The van der Waals surface area contributed by atoms with Crippen LogP contribution in [0.1, 0.15) is 12.0 Å². The zero-order chi connectivity index (χ0) is 24.0. The number of hydrogen-bond acceptors (Lipinski definition) is 6. The Hall–Kier alpha value is -4.01. The molecule has 2 aliphatic carbocycles. The monoisotopic (exact) mass is 461 g/mol. The summed E-state index contributed by atoms with van der Waals surface area (Å²) in [6, 6.07) is 12.0. The number of nitro groups is 1. The molecule has 1 saturated heterocycles. The van der Waals surface area contributed by atoms with Crippen LogP contribution in [0.2, 0.25) is 0 Å². The molecule has 174 valence electrons. The quantitative estimate of drug-likeness (QED) is 0.293. The van der Waals surface area contributed by atoms with Gasteiger partial charge < -0.3 is 10.1 Å². The number of ether oxygens (including phenoxy) is 1. The summed E-state index contributed by atoms with van der Waals surface area (Å²) in [5.74, 6) is -1.92. The van der Waals surface area contributed by atoms with Gasteiger partial charge in [0.2, 0.25) is 17.7 Å². The number of hydrogen-bond donors (Lipinski definition) is 1. The number of nitro benzene ring substituents is 1. The van der Waals surface area contributed by atoms with E-state index in [1.54, 1.807) is 0 Å².